The average molecular weight is 844 g/mol. The summed E-state index contributed by atoms with van der Waals surface area (Å²) in [4.78, 5) is 2.60. The molecule has 4 unspecified atom stereocenters. The van der Waals surface area contributed by atoms with Crippen molar-refractivity contribution in [1.82, 2.24) is 0 Å². The molecule has 0 N–H and O–H groups in total. The fourth-order valence-electron chi connectivity index (χ4n) is 11.4. The highest BCUT2D eigenvalue weighted by Crippen LogP contribution is 2.53. The molecule has 4 atom stereocenters. The summed E-state index contributed by atoms with van der Waals surface area (Å²) >= 11 is 0. The van der Waals surface area contributed by atoms with E-state index in [-0.39, 0.29) is 17.4 Å². The van der Waals surface area contributed by atoms with E-state index in [0.29, 0.717) is 11.8 Å². The Morgan fingerprint density at radius 2 is 1.34 bits per heavy atom. The average Bonchev–Trinajstić information content (AvgIpc) is 3.68. The third kappa shape index (κ3) is 8.42. The van der Waals surface area contributed by atoms with Gasteiger partial charge in [-0.2, -0.15) is 0 Å². The number of rotatable bonds is 11. The van der Waals surface area contributed by atoms with Crippen LogP contribution >= 0.6 is 0 Å². The maximum absolute atomic E-state index is 4.32. The molecule has 6 aromatic carbocycles. The molecule has 4 aliphatic rings. The molecular weight excluding hydrogens is 783 g/mol. The molecule has 0 amide bonds. The molecule has 65 heavy (non-hydrogen) atoms. The number of allylic oxidation sites excluding steroid dienone is 12. The lowest BCUT2D eigenvalue weighted by atomic mass is 9.74. The Labute approximate surface area is 387 Å². The SMILES string of the molecule is C=C/C=c1/c(C2C=CC=CCC2)c2cc(N(c3ccc(-c4ccc5c(c4)C(C)(C)C4C=CC=CC54)cc3)C3C=CC=CCC3)ccc2c(-c2ccccc2)/c1=C/CCCc1ccccc1. The van der Waals surface area contributed by atoms with Gasteiger partial charge in [0.1, 0.15) is 0 Å². The van der Waals surface area contributed by atoms with Crippen LogP contribution in [0.4, 0.5) is 11.4 Å². The smallest absolute Gasteiger partial charge is 0.0528 e. The number of fused-ring (bicyclic) bond motifs is 4. The highest BCUT2D eigenvalue weighted by Gasteiger charge is 2.44. The van der Waals surface area contributed by atoms with Crippen molar-refractivity contribution in [3.63, 3.8) is 0 Å². The predicted octanol–water partition coefficient (Wildman–Crippen LogP) is 15.5. The minimum atomic E-state index is 0.0801. The molecule has 0 saturated carbocycles. The molecule has 0 spiro atoms. The van der Waals surface area contributed by atoms with E-state index in [1.807, 2.05) is 6.08 Å². The summed E-state index contributed by atoms with van der Waals surface area (Å²) in [6.07, 6.45) is 41.8. The van der Waals surface area contributed by atoms with Crippen LogP contribution in [0.25, 0.3) is 45.2 Å². The van der Waals surface area contributed by atoms with Gasteiger partial charge < -0.3 is 4.90 Å². The van der Waals surface area contributed by atoms with Crippen LogP contribution in [0.15, 0.2) is 207 Å². The Hall–Kier alpha value is -6.70. The number of aryl methyl sites for hydroxylation is 1. The van der Waals surface area contributed by atoms with Gasteiger partial charge in [0.2, 0.25) is 0 Å². The number of hydrogen-bond donors (Lipinski definition) is 0. The second-order valence-corrected chi connectivity index (χ2v) is 18.9. The first-order chi connectivity index (χ1) is 32.0. The Kier molecular flexibility index (Phi) is 12.2. The Bertz CT molecular complexity index is 3010. The zero-order valence-electron chi connectivity index (χ0n) is 38.1. The zero-order valence-corrected chi connectivity index (χ0v) is 38.1. The van der Waals surface area contributed by atoms with Crippen molar-refractivity contribution in [2.75, 3.05) is 4.90 Å². The van der Waals surface area contributed by atoms with Crippen molar-refractivity contribution in [2.24, 2.45) is 5.92 Å². The normalized spacial score (nSPS) is 21.0. The third-order valence-electron chi connectivity index (χ3n) is 14.6. The summed E-state index contributed by atoms with van der Waals surface area (Å²) in [6, 6.07) is 46.1. The summed E-state index contributed by atoms with van der Waals surface area (Å²) in [5.41, 5.74) is 13.3. The molecule has 1 heteroatoms. The first-order valence-corrected chi connectivity index (χ1v) is 24.1. The van der Waals surface area contributed by atoms with Crippen LogP contribution in [0.2, 0.25) is 0 Å². The number of unbranched alkanes of at least 4 members (excludes halogenated alkanes) is 1. The standard InChI is InChI=1S/C64H61N/c1-4-23-56-57(34-20-19-26-46-24-11-9-12-25-46)62(48-29-15-10-16-30-48)58-43-41-53(45-59(58)63(56)49-27-13-5-6-14-28-49)65(51-31-17-7-8-18-32-51)52-39-36-47(37-40-52)50-38-42-55-54-33-21-22-35-60(54)64(2,3)61(55)44-50/h4-13,15-17,21-25,27,29-31,33-45,49,51,54,60H,1,14,18-20,26,28,32H2,2-3H3/b56-23+,57-34+. The zero-order chi connectivity index (χ0) is 44.2. The van der Waals surface area contributed by atoms with E-state index in [1.165, 1.54) is 77.1 Å². The van der Waals surface area contributed by atoms with E-state index in [2.05, 4.69) is 232 Å². The molecule has 1 nitrogen and oxygen atoms in total. The number of benzene rings is 6. The molecule has 4 aliphatic carbocycles. The van der Waals surface area contributed by atoms with Gasteiger partial charge in [-0.25, -0.2) is 0 Å². The van der Waals surface area contributed by atoms with Gasteiger partial charge in [0.05, 0.1) is 6.04 Å². The largest absolute Gasteiger partial charge is 0.334 e. The highest BCUT2D eigenvalue weighted by atomic mass is 15.2. The Morgan fingerprint density at radius 1 is 0.631 bits per heavy atom. The first-order valence-electron chi connectivity index (χ1n) is 24.1. The van der Waals surface area contributed by atoms with Gasteiger partial charge in [-0.05, 0) is 146 Å². The molecule has 0 saturated heterocycles. The topological polar surface area (TPSA) is 3.24 Å². The maximum atomic E-state index is 4.32. The molecule has 0 bridgehead atoms. The minimum Gasteiger partial charge on any atom is -0.334 e. The van der Waals surface area contributed by atoms with Crippen molar-refractivity contribution in [1.29, 1.82) is 0 Å². The van der Waals surface area contributed by atoms with Crippen molar-refractivity contribution < 1.29 is 0 Å². The second-order valence-electron chi connectivity index (χ2n) is 18.9. The van der Waals surface area contributed by atoms with E-state index in [9.17, 15) is 0 Å². The van der Waals surface area contributed by atoms with Gasteiger partial charge in [0, 0.05) is 23.2 Å². The van der Waals surface area contributed by atoms with E-state index in [4.69, 9.17) is 0 Å². The second kappa shape index (κ2) is 18.8. The Balaban J connectivity index is 1.12. The highest BCUT2D eigenvalue weighted by molar-refractivity contribution is 6.02. The van der Waals surface area contributed by atoms with Gasteiger partial charge >= 0.3 is 0 Å². The van der Waals surface area contributed by atoms with Crippen LogP contribution in [-0.2, 0) is 11.8 Å². The summed E-state index contributed by atoms with van der Waals surface area (Å²) in [7, 11) is 0. The fourth-order valence-corrected chi connectivity index (χ4v) is 11.4. The van der Waals surface area contributed by atoms with E-state index >= 15 is 0 Å². The molecule has 0 heterocycles. The van der Waals surface area contributed by atoms with E-state index in [0.717, 1.165) is 44.9 Å². The van der Waals surface area contributed by atoms with Crippen LogP contribution in [-0.4, -0.2) is 6.04 Å². The molecule has 0 aromatic heterocycles. The van der Waals surface area contributed by atoms with Crippen molar-refractivity contribution in [2.45, 2.75) is 82.1 Å². The summed E-state index contributed by atoms with van der Waals surface area (Å²) in [6.45, 7) is 9.16. The lowest BCUT2D eigenvalue weighted by Crippen LogP contribution is -2.33. The monoisotopic (exact) mass is 843 g/mol. The van der Waals surface area contributed by atoms with Crippen molar-refractivity contribution >= 4 is 34.3 Å². The molecule has 0 radical (unpaired) electrons. The fraction of sp³-hybridized carbons (Fsp3) is 0.219. The van der Waals surface area contributed by atoms with Crippen molar-refractivity contribution in [3.8, 4) is 22.3 Å². The summed E-state index contributed by atoms with van der Waals surface area (Å²) < 4.78 is 0. The lowest BCUT2D eigenvalue weighted by molar-refractivity contribution is 0.394. The first kappa shape index (κ1) is 42.3. The third-order valence-corrected chi connectivity index (χ3v) is 14.6. The van der Waals surface area contributed by atoms with E-state index in [1.54, 1.807) is 0 Å². The molecular formula is C64H61N. The minimum absolute atomic E-state index is 0.0801. The summed E-state index contributed by atoms with van der Waals surface area (Å²) in [5, 5.41) is 5.22. The quantitative estimate of drug-likeness (QED) is 0.117. The molecule has 10 rings (SSSR count). The Morgan fingerprint density at radius 3 is 2.14 bits per heavy atom. The van der Waals surface area contributed by atoms with Crippen LogP contribution in [0.3, 0.4) is 0 Å². The van der Waals surface area contributed by atoms with Gasteiger partial charge in [0.25, 0.3) is 0 Å². The predicted molar refractivity (Wildman–Crippen MR) is 280 cm³/mol. The van der Waals surface area contributed by atoms with E-state index < -0.39 is 0 Å². The number of hydrogen-bond acceptors (Lipinski definition) is 1. The van der Waals surface area contributed by atoms with Crippen molar-refractivity contribution in [3.05, 3.63) is 240 Å². The lowest BCUT2D eigenvalue weighted by Gasteiger charge is -2.33. The van der Waals surface area contributed by atoms with Crippen LogP contribution in [0.1, 0.15) is 86.5 Å². The number of nitrogens with zero attached hydrogens (tertiary/aromatic N) is 1. The number of anilines is 2. The van der Waals surface area contributed by atoms with Gasteiger partial charge in [0.15, 0.2) is 0 Å². The molecule has 0 aliphatic heterocycles. The maximum Gasteiger partial charge on any atom is 0.0528 e. The molecule has 6 aromatic rings. The van der Waals surface area contributed by atoms with Crippen LogP contribution < -0.4 is 15.3 Å². The van der Waals surface area contributed by atoms with Gasteiger partial charge in [-0.15, -0.1) is 0 Å². The van der Waals surface area contributed by atoms with Crippen LogP contribution in [0.5, 0.6) is 0 Å². The van der Waals surface area contributed by atoms with Gasteiger partial charge in [-0.3, -0.25) is 0 Å². The van der Waals surface area contributed by atoms with Crippen LogP contribution in [0, 0.1) is 5.92 Å². The summed E-state index contributed by atoms with van der Waals surface area (Å²) in [5.74, 6) is 1.20. The van der Waals surface area contributed by atoms with Gasteiger partial charge in [-0.1, -0.05) is 209 Å². The molecule has 0 fully saturated rings. The molecule has 322 valence electrons.